The third-order valence-corrected chi connectivity index (χ3v) is 5.08. The van der Waals surface area contributed by atoms with E-state index in [1.807, 2.05) is 0 Å². The van der Waals surface area contributed by atoms with Gasteiger partial charge in [0, 0.05) is 16.7 Å². The topological polar surface area (TPSA) is 119 Å². The summed E-state index contributed by atoms with van der Waals surface area (Å²) in [7, 11) is 6.07. The van der Waals surface area contributed by atoms with Crippen molar-refractivity contribution in [2.75, 3.05) is 28.4 Å². The van der Waals surface area contributed by atoms with Crippen molar-refractivity contribution in [2.45, 2.75) is 0 Å². The average Bonchev–Trinajstić information content (AvgIpc) is 3.26. The Kier molecular flexibility index (Phi) is 5.55. The summed E-state index contributed by atoms with van der Waals surface area (Å²) in [6, 6.07) is 12.0. The third-order valence-electron chi connectivity index (χ3n) is 5.08. The molecule has 2 heterocycles. The summed E-state index contributed by atoms with van der Waals surface area (Å²) >= 11 is 0. The van der Waals surface area contributed by atoms with Crippen molar-refractivity contribution < 1.29 is 28.8 Å². The van der Waals surface area contributed by atoms with Crippen LogP contribution in [0.1, 0.15) is 10.4 Å². The van der Waals surface area contributed by atoms with Crippen molar-refractivity contribution >= 4 is 17.0 Å². The van der Waals surface area contributed by atoms with Gasteiger partial charge in [0.15, 0.2) is 17.1 Å². The van der Waals surface area contributed by atoms with Crippen molar-refractivity contribution in [3.05, 3.63) is 48.0 Å². The number of benzene rings is 2. The first-order valence-electron chi connectivity index (χ1n) is 9.56. The van der Waals surface area contributed by atoms with Crippen LogP contribution in [0.5, 0.6) is 23.0 Å². The fraction of sp³-hybridized carbons (Fsp3) is 0.174. The van der Waals surface area contributed by atoms with E-state index in [9.17, 15) is 9.90 Å². The largest absolute Gasteiger partial charge is 0.545 e. The lowest BCUT2D eigenvalue weighted by Gasteiger charge is -2.15. The summed E-state index contributed by atoms with van der Waals surface area (Å²) in [5.41, 5.74) is 2.38. The number of ether oxygens (including phenoxy) is 4. The zero-order valence-electron chi connectivity index (χ0n) is 17.9. The molecule has 0 aliphatic rings. The molecule has 4 aromatic rings. The Morgan fingerprint density at radius 2 is 1.53 bits per heavy atom. The molecule has 164 valence electrons. The number of nitrogens with one attached hydrogen (secondary N) is 1. The van der Waals surface area contributed by atoms with E-state index in [-0.39, 0.29) is 11.2 Å². The molecule has 0 aliphatic heterocycles. The number of aromatic nitrogens is 3. The number of aromatic amines is 1. The number of H-pyrrole nitrogens is 1. The van der Waals surface area contributed by atoms with Gasteiger partial charge in [0.2, 0.25) is 5.75 Å². The normalized spacial score (nSPS) is 10.8. The molecule has 0 unspecified atom stereocenters. The molecular formula is C23H20N3O6-. The van der Waals surface area contributed by atoms with Gasteiger partial charge in [-0.2, -0.15) is 5.10 Å². The number of hydrogen-bond acceptors (Lipinski definition) is 8. The van der Waals surface area contributed by atoms with Crippen LogP contribution in [0.2, 0.25) is 0 Å². The lowest BCUT2D eigenvalue weighted by molar-refractivity contribution is -0.254. The van der Waals surface area contributed by atoms with E-state index in [0.29, 0.717) is 45.3 Å². The first-order valence-corrected chi connectivity index (χ1v) is 9.56. The Bertz CT molecular complexity index is 1270. The van der Waals surface area contributed by atoms with Gasteiger partial charge in [-0.05, 0) is 42.5 Å². The standard InChI is InChI=1S/C23H21N3O6/c1-29-14-7-5-12(6-8-14)20-19-15(23(27)28)11-16(24-22(19)26-25-20)13-9-17(30-2)21(32-4)18(10-13)31-3/h5-11H,1-4H3,(H,27,28)(H,24,25,26)/p-1. The van der Waals surface area contributed by atoms with Gasteiger partial charge < -0.3 is 28.8 Å². The summed E-state index contributed by atoms with van der Waals surface area (Å²) in [4.78, 5) is 16.6. The van der Waals surface area contributed by atoms with Crippen molar-refractivity contribution in [3.63, 3.8) is 0 Å². The van der Waals surface area contributed by atoms with E-state index in [1.54, 1.807) is 43.5 Å². The number of carbonyl (C=O) groups excluding carboxylic acids is 1. The Morgan fingerprint density at radius 1 is 0.875 bits per heavy atom. The molecule has 32 heavy (non-hydrogen) atoms. The monoisotopic (exact) mass is 434 g/mol. The van der Waals surface area contributed by atoms with E-state index in [4.69, 9.17) is 18.9 Å². The molecule has 4 rings (SSSR count). The number of aromatic carboxylic acids is 1. The van der Waals surface area contributed by atoms with Crippen LogP contribution in [0.15, 0.2) is 42.5 Å². The Morgan fingerprint density at radius 3 is 2.06 bits per heavy atom. The van der Waals surface area contributed by atoms with Crippen LogP contribution in [0.3, 0.4) is 0 Å². The van der Waals surface area contributed by atoms with Crippen LogP contribution >= 0.6 is 0 Å². The average molecular weight is 434 g/mol. The number of carboxylic acids is 1. The van der Waals surface area contributed by atoms with Gasteiger partial charge in [0.05, 0.1) is 51.2 Å². The summed E-state index contributed by atoms with van der Waals surface area (Å²) in [6.07, 6.45) is 0. The maximum atomic E-state index is 12.1. The molecule has 0 amide bonds. The maximum Gasteiger partial charge on any atom is 0.203 e. The van der Waals surface area contributed by atoms with Gasteiger partial charge in [-0.25, -0.2) is 4.98 Å². The SMILES string of the molecule is COc1ccc(-c2[nH]nc3nc(-c4cc(OC)c(OC)c(OC)c4)cc(C(=O)[O-])c23)cc1. The minimum absolute atomic E-state index is 0.0432. The molecule has 0 spiro atoms. The molecule has 9 heteroatoms. The maximum absolute atomic E-state index is 12.1. The summed E-state index contributed by atoms with van der Waals surface area (Å²) in [5, 5.41) is 19.5. The third kappa shape index (κ3) is 3.53. The van der Waals surface area contributed by atoms with Crippen LogP contribution in [-0.4, -0.2) is 49.6 Å². The Balaban J connectivity index is 1.91. The first kappa shape index (κ1) is 21.0. The van der Waals surface area contributed by atoms with Crippen molar-refractivity contribution in [1.29, 1.82) is 0 Å². The number of nitrogens with zero attached hydrogens (tertiary/aromatic N) is 2. The number of hydrogen-bond donors (Lipinski definition) is 1. The molecule has 2 aromatic heterocycles. The quantitative estimate of drug-likeness (QED) is 0.472. The minimum atomic E-state index is -1.35. The van der Waals surface area contributed by atoms with Crippen LogP contribution < -0.4 is 24.1 Å². The lowest BCUT2D eigenvalue weighted by Crippen LogP contribution is -2.22. The van der Waals surface area contributed by atoms with Crippen molar-refractivity contribution in [2.24, 2.45) is 0 Å². The second kappa shape index (κ2) is 8.46. The number of fused-ring (bicyclic) bond motifs is 1. The zero-order chi connectivity index (χ0) is 22.8. The van der Waals surface area contributed by atoms with Crippen molar-refractivity contribution in [1.82, 2.24) is 15.2 Å². The predicted octanol–water partition coefficient (Wildman–Crippen LogP) is 2.69. The molecule has 0 saturated carbocycles. The van der Waals surface area contributed by atoms with E-state index < -0.39 is 5.97 Å². The Hall–Kier alpha value is -4.27. The molecule has 0 bridgehead atoms. The smallest absolute Gasteiger partial charge is 0.203 e. The highest BCUT2D eigenvalue weighted by Gasteiger charge is 2.19. The van der Waals surface area contributed by atoms with Gasteiger partial charge in [-0.3, -0.25) is 5.10 Å². The fourth-order valence-electron chi connectivity index (χ4n) is 3.53. The molecule has 0 atom stereocenters. The van der Waals surface area contributed by atoms with Crippen LogP contribution in [0.4, 0.5) is 0 Å². The molecule has 9 nitrogen and oxygen atoms in total. The molecule has 2 aromatic carbocycles. The number of carbonyl (C=O) groups is 1. The van der Waals surface area contributed by atoms with Gasteiger partial charge in [-0.15, -0.1) is 0 Å². The van der Waals surface area contributed by atoms with Gasteiger partial charge in [-0.1, -0.05) is 0 Å². The Labute approximate surface area is 183 Å². The molecule has 0 saturated heterocycles. The van der Waals surface area contributed by atoms with Crippen LogP contribution in [-0.2, 0) is 0 Å². The van der Waals surface area contributed by atoms with Crippen LogP contribution in [0.25, 0.3) is 33.5 Å². The highest BCUT2D eigenvalue weighted by molar-refractivity contribution is 6.07. The first-order chi connectivity index (χ1) is 15.5. The fourth-order valence-corrected chi connectivity index (χ4v) is 3.53. The zero-order valence-corrected chi connectivity index (χ0v) is 17.9. The second-order valence-corrected chi connectivity index (χ2v) is 6.78. The van der Waals surface area contributed by atoms with E-state index in [1.165, 1.54) is 27.4 Å². The minimum Gasteiger partial charge on any atom is -0.545 e. The lowest BCUT2D eigenvalue weighted by atomic mass is 10.0. The molecule has 0 radical (unpaired) electrons. The highest BCUT2D eigenvalue weighted by Crippen LogP contribution is 2.41. The molecular weight excluding hydrogens is 414 g/mol. The van der Waals surface area contributed by atoms with E-state index in [2.05, 4.69) is 15.2 Å². The molecule has 0 aliphatic carbocycles. The second-order valence-electron chi connectivity index (χ2n) is 6.78. The van der Waals surface area contributed by atoms with Gasteiger partial charge >= 0.3 is 0 Å². The van der Waals surface area contributed by atoms with Crippen LogP contribution in [0, 0.1) is 0 Å². The summed E-state index contributed by atoms with van der Waals surface area (Å²) in [6.45, 7) is 0. The summed E-state index contributed by atoms with van der Waals surface area (Å²) in [5.74, 6) is 0.587. The van der Waals surface area contributed by atoms with Gasteiger partial charge in [0.1, 0.15) is 5.75 Å². The highest BCUT2D eigenvalue weighted by atomic mass is 16.5. The predicted molar refractivity (Wildman–Crippen MR) is 115 cm³/mol. The summed E-state index contributed by atoms with van der Waals surface area (Å²) < 4.78 is 21.3. The number of carboxylic acid groups (broad SMARTS) is 1. The van der Waals surface area contributed by atoms with E-state index >= 15 is 0 Å². The van der Waals surface area contributed by atoms with Gasteiger partial charge in [0.25, 0.3) is 0 Å². The number of rotatable bonds is 7. The molecule has 0 fully saturated rings. The van der Waals surface area contributed by atoms with E-state index in [0.717, 1.165) is 5.56 Å². The number of pyridine rings is 1. The number of methoxy groups -OCH3 is 4. The molecule has 1 N–H and O–H groups in total. The van der Waals surface area contributed by atoms with Crippen molar-refractivity contribution in [3.8, 4) is 45.5 Å².